The Kier molecular flexibility index (Phi) is 13.8. The lowest BCUT2D eigenvalue weighted by molar-refractivity contribution is -0.299. The van der Waals surface area contributed by atoms with Crippen LogP contribution in [-0.2, 0) is 77.3 Å². The number of nitrogens with two attached hydrogens (primary N) is 1. The zero-order valence-corrected chi connectivity index (χ0v) is 31.6. The van der Waals surface area contributed by atoms with Gasteiger partial charge in [-0.05, 0) is 18.2 Å². The topological polar surface area (TPSA) is 319 Å². The van der Waals surface area contributed by atoms with Crippen molar-refractivity contribution < 1.29 is 89.9 Å². The first kappa shape index (κ1) is 43.4. The number of imidazole rings is 1. The highest BCUT2D eigenvalue weighted by Gasteiger charge is 2.58. The molecule has 12 atom stereocenters. The Labute approximate surface area is 309 Å². The first-order valence-electron chi connectivity index (χ1n) is 15.7. The summed E-state index contributed by atoms with van der Waals surface area (Å²) >= 11 is 4.86. The number of esters is 4. The minimum absolute atomic E-state index is 0.00911. The summed E-state index contributed by atoms with van der Waals surface area (Å²) in [6, 6.07) is 0. The average Bonchev–Trinajstić information content (AvgIpc) is 3.59. The molecule has 0 aromatic carbocycles. The van der Waals surface area contributed by atoms with E-state index in [2.05, 4.69) is 15.0 Å². The van der Waals surface area contributed by atoms with E-state index in [-0.39, 0.29) is 23.4 Å². The summed E-state index contributed by atoms with van der Waals surface area (Å²) < 4.78 is 77.1. The Balaban J connectivity index is 1.54. The molecule has 4 rings (SSSR count). The van der Waals surface area contributed by atoms with Gasteiger partial charge >= 0.3 is 38.4 Å². The Morgan fingerprint density at radius 1 is 1.04 bits per heavy atom. The van der Waals surface area contributed by atoms with E-state index in [1.54, 1.807) is 0 Å². The summed E-state index contributed by atoms with van der Waals surface area (Å²) in [4.78, 5) is 80.7. The highest BCUT2D eigenvalue weighted by atomic mass is 32.5. The van der Waals surface area contributed by atoms with E-state index in [0.717, 1.165) is 44.9 Å². The van der Waals surface area contributed by atoms with Gasteiger partial charge in [-0.15, -0.1) is 0 Å². The monoisotopic (exact) mass is 833 g/mol. The molecule has 2 aromatic rings. The lowest BCUT2D eigenvalue weighted by atomic mass is 9.93. The van der Waals surface area contributed by atoms with Crippen LogP contribution in [0.2, 0.25) is 0 Å². The number of nitrogen functional groups attached to an aromatic ring is 1. The number of hydrogen-bond donors (Lipinski definition) is 5. The largest absolute Gasteiger partial charge is 0.481 e. The normalized spacial score (nSPS) is 31.1. The van der Waals surface area contributed by atoms with Crippen LogP contribution < -0.4 is 5.73 Å². The standard InChI is InChI=1S/C27H38FN5O18P2S/c1-6-27(28)22(39)16(48-26(27)33-10-32-17-23(29)30-9-31-24(17)33)8-44-53(42,54)51-52(40,41)50-25-21(47-14(5)37)18(38)20(46-13(4)36)19(49-25)15(45-12(3)35)7-43-11(2)34/h9-10,15-16,18-22,25-26,38-39H,6-8H2,1-5H3,(H,40,41)(H,42,54)(H2,29,30,31)/t15-,16+,18?,19?,20?,21?,22+,25?,26+,27+,53?/m0/s1. The summed E-state index contributed by atoms with van der Waals surface area (Å²) in [7, 11) is -5.72. The number of ether oxygens (including phenoxy) is 6. The first-order valence-corrected chi connectivity index (χ1v) is 19.8. The molecule has 27 heteroatoms. The van der Waals surface area contributed by atoms with E-state index in [4.69, 9.17) is 59.3 Å². The van der Waals surface area contributed by atoms with Gasteiger partial charge in [0.1, 0.15) is 42.9 Å². The number of aliphatic hydroxyl groups is 2. The quantitative estimate of drug-likeness (QED) is 0.0865. The highest BCUT2D eigenvalue weighted by Crippen LogP contribution is 2.62. The number of phosphoric ester groups is 1. The third-order valence-corrected chi connectivity index (χ3v) is 11.4. The number of aromatic nitrogens is 4. The average molecular weight is 834 g/mol. The first-order chi connectivity index (χ1) is 25.1. The van der Waals surface area contributed by atoms with Crippen molar-refractivity contribution in [3.05, 3.63) is 12.7 Å². The van der Waals surface area contributed by atoms with Gasteiger partial charge in [-0.3, -0.25) is 28.3 Å². The number of alkyl halides is 1. The van der Waals surface area contributed by atoms with Gasteiger partial charge in [0, 0.05) is 27.7 Å². The van der Waals surface area contributed by atoms with Crippen molar-refractivity contribution in [1.82, 2.24) is 19.5 Å². The number of halogens is 1. The SMILES string of the molecule is CC[C@@]1(F)[C@H](O)[C@@H](COP(O)(=S)OP(=O)(O)OC2OC([C@H](COC(C)=O)OC(C)=O)C(OC(C)=O)C(O)C2OC(C)=O)O[C@H]1n1cnc2c(N)ncnc21. The van der Waals surface area contributed by atoms with Crippen molar-refractivity contribution in [3.63, 3.8) is 0 Å². The second-order valence-electron chi connectivity index (χ2n) is 11.8. The maximum Gasteiger partial charge on any atom is 0.481 e. The molecule has 0 aliphatic carbocycles. The molecule has 6 N–H and O–H groups in total. The van der Waals surface area contributed by atoms with E-state index in [0.29, 0.717) is 0 Å². The molecule has 0 saturated carbocycles. The molecule has 4 heterocycles. The van der Waals surface area contributed by atoms with Crippen molar-refractivity contribution in [2.45, 2.75) is 102 Å². The number of carbonyl (C=O) groups is 4. The third-order valence-electron chi connectivity index (χ3n) is 7.88. The lowest BCUT2D eigenvalue weighted by Crippen LogP contribution is -2.64. The van der Waals surface area contributed by atoms with Gasteiger partial charge in [0.15, 0.2) is 41.7 Å². The molecule has 54 heavy (non-hydrogen) atoms. The number of aliphatic hydroxyl groups excluding tert-OH is 2. The van der Waals surface area contributed by atoms with E-state index in [9.17, 15) is 43.7 Å². The molecule has 23 nitrogen and oxygen atoms in total. The molecule has 2 aliphatic rings. The van der Waals surface area contributed by atoms with E-state index in [1.807, 2.05) is 0 Å². The molecule has 0 amide bonds. The van der Waals surface area contributed by atoms with E-state index in [1.165, 1.54) is 6.92 Å². The van der Waals surface area contributed by atoms with Crippen molar-refractivity contribution in [3.8, 4) is 0 Å². The summed E-state index contributed by atoms with van der Waals surface area (Å²) in [5.74, 6) is -3.94. The fourth-order valence-electron chi connectivity index (χ4n) is 5.62. The Hall–Kier alpha value is -3.32. The third kappa shape index (κ3) is 10.1. The van der Waals surface area contributed by atoms with Gasteiger partial charge in [0.05, 0.1) is 12.9 Å². The van der Waals surface area contributed by atoms with Crippen LogP contribution in [0.1, 0.15) is 47.3 Å². The fraction of sp³-hybridized carbons (Fsp3) is 0.667. The van der Waals surface area contributed by atoms with E-state index < -0.39 is 113 Å². The van der Waals surface area contributed by atoms with Gasteiger partial charge in [-0.1, -0.05) is 6.92 Å². The van der Waals surface area contributed by atoms with Crippen LogP contribution in [0, 0.1) is 0 Å². The van der Waals surface area contributed by atoms with Crippen LogP contribution in [0.25, 0.3) is 11.2 Å². The second kappa shape index (κ2) is 17.2. The number of anilines is 1. The summed E-state index contributed by atoms with van der Waals surface area (Å²) in [5.41, 5.74) is 3.51. The number of phosphoric acid groups is 1. The molecule has 2 aromatic heterocycles. The van der Waals surface area contributed by atoms with Gasteiger partial charge in [-0.25, -0.2) is 28.2 Å². The Morgan fingerprint density at radius 2 is 1.69 bits per heavy atom. The van der Waals surface area contributed by atoms with Gasteiger partial charge < -0.3 is 58.7 Å². The highest BCUT2D eigenvalue weighted by molar-refractivity contribution is 8.08. The van der Waals surface area contributed by atoms with Crippen LogP contribution in [0.3, 0.4) is 0 Å². The number of nitrogens with zero attached hydrogens (tertiary/aromatic N) is 4. The van der Waals surface area contributed by atoms with Crippen molar-refractivity contribution >= 4 is 67.2 Å². The minimum Gasteiger partial charge on any atom is -0.462 e. The molecule has 2 fully saturated rings. The molecule has 2 aliphatic heterocycles. The minimum atomic E-state index is -5.72. The van der Waals surface area contributed by atoms with Crippen molar-refractivity contribution in [2.24, 2.45) is 0 Å². The number of rotatable bonds is 15. The smallest absolute Gasteiger partial charge is 0.462 e. The van der Waals surface area contributed by atoms with Crippen LogP contribution in [-0.4, -0.2) is 131 Å². The second-order valence-corrected chi connectivity index (χ2v) is 16.2. The zero-order valence-electron chi connectivity index (χ0n) is 29.0. The number of hydrogen-bond acceptors (Lipinski definition) is 21. The molecule has 0 radical (unpaired) electrons. The lowest BCUT2D eigenvalue weighted by Gasteiger charge is -2.44. The maximum absolute atomic E-state index is 16.3. The molecule has 0 bridgehead atoms. The van der Waals surface area contributed by atoms with E-state index >= 15 is 4.39 Å². The predicted octanol–water partition coefficient (Wildman–Crippen LogP) is -0.404. The zero-order chi connectivity index (χ0) is 40.3. The fourth-order valence-corrected chi connectivity index (χ4v) is 8.72. The van der Waals surface area contributed by atoms with Crippen LogP contribution in [0.5, 0.6) is 0 Å². The van der Waals surface area contributed by atoms with Gasteiger partial charge in [-0.2, -0.15) is 0 Å². The van der Waals surface area contributed by atoms with Crippen LogP contribution in [0.4, 0.5) is 10.2 Å². The summed E-state index contributed by atoms with van der Waals surface area (Å²) in [6.45, 7) is -1.37. The molecular weight excluding hydrogens is 795 g/mol. The van der Waals surface area contributed by atoms with Crippen LogP contribution in [0.15, 0.2) is 12.7 Å². The molecule has 2 saturated heterocycles. The van der Waals surface area contributed by atoms with Crippen LogP contribution >= 0.6 is 14.5 Å². The molecule has 302 valence electrons. The predicted molar refractivity (Wildman–Crippen MR) is 176 cm³/mol. The van der Waals surface area contributed by atoms with Gasteiger partial charge in [0.25, 0.3) is 0 Å². The summed E-state index contributed by atoms with van der Waals surface area (Å²) in [6.07, 6.45) is -15.0. The van der Waals surface area contributed by atoms with Gasteiger partial charge in [0.2, 0.25) is 6.29 Å². The Bertz CT molecular complexity index is 1830. The van der Waals surface area contributed by atoms with Crippen molar-refractivity contribution in [2.75, 3.05) is 18.9 Å². The number of carbonyl (C=O) groups excluding carboxylic acids is 4. The van der Waals surface area contributed by atoms with Crippen molar-refractivity contribution in [1.29, 1.82) is 0 Å². The Morgan fingerprint density at radius 3 is 2.28 bits per heavy atom. The number of fused-ring (bicyclic) bond motifs is 1. The maximum atomic E-state index is 16.3. The molecule has 0 spiro atoms. The molecular formula is C27H38FN5O18P2S. The summed E-state index contributed by atoms with van der Waals surface area (Å²) in [5, 5.41) is 22.1. The molecule has 7 unspecified atom stereocenters.